The summed E-state index contributed by atoms with van der Waals surface area (Å²) in [5.41, 5.74) is 1.66. The lowest BCUT2D eigenvalue weighted by Crippen LogP contribution is -2.24. The maximum absolute atomic E-state index is 12.9. The molecule has 0 saturated heterocycles. The second kappa shape index (κ2) is 8.58. The van der Waals surface area contributed by atoms with Crippen LogP contribution in [0.25, 0.3) is 6.08 Å². The van der Waals surface area contributed by atoms with E-state index in [4.69, 9.17) is 4.74 Å². The van der Waals surface area contributed by atoms with Crippen LogP contribution in [0, 0.1) is 0 Å². The Hall–Kier alpha value is -4.33. The molecule has 31 heavy (non-hydrogen) atoms. The van der Waals surface area contributed by atoms with Gasteiger partial charge < -0.3 is 20.5 Å². The molecule has 0 unspecified atom stereocenters. The standard InChI is InChI=1S/C23H20N4O4/c1-31-20-10-6-5-9-18(20)26-22(28)17-14-24-27-16(12-11-15-7-3-2-4-8-15)13-19(23(29)30)25-21(17)27/h2-14,16,25H,1H3,(H,26,28)(H,29,30)/b12-11+/t16-/m0/s1. The number of nitrogens with one attached hydrogen (secondary N) is 2. The van der Waals surface area contributed by atoms with E-state index in [1.54, 1.807) is 35.0 Å². The number of anilines is 2. The zero-order chi connectivity index (χ0) is 21.8. The van der Waals surface area contributed by atoms with Gasteiger partial charge in [0.05, 0.1) is 25.0 Å². The lowest BCUT2D eigenvalue weighted by molar-refractivity contribution is -0.132. The lowest BCUT2D eigenvalue weighted by atomic mass is 10.1. The van der Waals surface area contributed by atoms with Crippen molar-refractivity contribution < 1.29 is 19.4 Å². The molecule has 0 radical (unpaired) electrons. The van der Waals surface area contributed by atoms with Gasteiger partial charge in [0.2, 0.25) is 0 Å². The maximum atomic E-state index is 12.9. The molecule has 156 valence electrons. The molecule has 4 rings (SSSR count). The Morgan fingerprint density at radius 1 is 1.16 bits per heavy atom. The van der Waals surface area contributed by atoms with Crippen molar-refractivity contribution in [2.24, 2.45) is 0 Å². The largest absolute Gasteiger partial charge is 0.495 e. The summed E-state index contributed by atoms with van der Waals surface area (Å²) in [6, 6.07) is 16.2. The number of amides is 1. The zero-order valence-corrected chi connectivity index (χ0v) is 16.6. The predicted octanol–water partition coefficient (Wildman–Crippen LogP) is 3.79. The Balaban J connectivity index is 1.66. The van der Waals surface area contributed by atoms with Gasteiger partial charge in [-0.1, -0.05) is 54.6 Å². The summed E-state index contributed by atoms with van der Waals surface area (Å²) in [7, 11) is 1.52. The van der Waals surface area contributed by atoms with Crippen LogP contribution in [0.3, 0.4) is 0 Å². The summed E-state index contributed by atoms with van der Waals surface area (Å²) in [4.78, 5) is 24.6. The van der Waals surface area contributed by atoms with Gasteiger partial charge in [0.1, 0.15) is 22.8 Å². The SMILES string of the molecule is COc1ccccc1NC(=O)c1cnn2c1NC(C(=O)O)=C[C@@H]2/C=C/c1ccccc1. The third-order valence-electron chi connectivity index (χ3n) is 4.78. The Kier molecular flexibility index (Phi) is 5.53. The summed E-state index contributed by atoms with van der Waals surface area (Å²) >= 11 is 0. The molecule has 0 saturated carbocycles. The zero-order valence-electron chi connectivity index (χ0n) is 16.6. The highest BCUT2D eigenvalue weighted by Gasteiger charge is 2.27. The molecule has 3 N–H and O–H groups in total. The molecule has 1 aromatic heterocycles. The Morgan fingerprint density at radius 3 is 2.65 bits per heavy atom. The molecular formula is C23H20N4O4. The maximum Gasteiger partial charge on any atom is 0.352 e. The van der Waals surface area contributed by atoms with Crippen LogP contribution >= 0.6 is 0 Å². The van der Waals surface area contributed by atoms with Crippen molar-refractivity contribution in [3.63, 3.8) is 0 Å². The molecule has 1 atom stereocenters. The first-order valence-corrected chi connectivity index (χ1v) is 9.54. The summed E-state index contributed by atoms with van der Waals surface area (Å²) in [6.07, 6.45) is 6.67. The van der Waals surface area contributed by atoms with E-state index in [2.05, 4.69) is 15.7 Å². The summed E-state index contributed by atoms with van der Waals surface area (Å²) in [5, 5.41) is 19.5. The third-order valence-corrected chi connectivity index (χ3v) is 4.78. The highest BCUT2D eigenvalue weighted by molar-refractivity contribution is 6.09. The number of carbonyl (C=O) groups is 2. The van der Waals surface area contributed by atoms with Crippen molar-refractivity contribution in [3.05, 3.63) is 89.8 Å². The fraction of sp³-hybridized carbons (Fsp3) is 0.0870. The number of carboxylic acids is 1. The van der Waals surface area contributed by atoms with Crippen molar-refractivity contribution in [1.82, 2.24) is 9.78 Å². The molecule has 1 aliphatic rings. The number of rotatable bonds is 6. The molecule has 3 aromatic rings. The van der Waals surface area contributed by atoms with Gasteiger partial charge in [-0.05, 0) is 23.8 Å². The fourth-order valence-corrected chi connectivity index (χ4v) is 3.26. The van der Waals surface area contributed by atoms with Crippen LogP contribution in [0.15, 0.2) is 78.6 Å². The van der Waals surface area contributed by atoms with E-state index in [0.29, 0.717) is 17.3 Å². The molecule has 0 spiro atoms. The highest BCUT2D eigenvalue weighted by atomic mass is 16.5. The van der Waals surface area contributed by atoms with Crippen LogP contribution in [-0.4, -0.2) is 33.9 Å². The van der Waals surface area contributed by atoms with E-state index in [-0.39, 0.29) is 11.3 Å². The van der Waals surface area contributed by atoms with Crippen molar-refractivity contribution in [2.75, 3.05) is 17.7 Å². The molecule has 2 aromatic carbocycles. The quantitative estimate of drug-likeness (QED) is 0.565. The summed E-state index contributed by atoms with van der Waals surface area (Å²) in [5.74, 6) is -0.744. The number of allylic oxidation sites excluding steroid dienone is 2. The minimum atomic E-state index is -1.12. The number of aromatic nitrogens is 2. The van der Waals surface area contributed by atoms with Gasteiger partial charge in [-0.2, -0.15) is 5.10 Å². The van der Waals surface area contributed by atoms with Gasteiger partial charge in [-0.15, -0.1) is 0 Å². The molecule has 0 fully saturated rings. The van der Waals surface area contributed by atoms with Crippen LogP contribution in [0.1, 0.15) is 22.0 Å². The average molecular weight is 416 g/mol. The third kappa shape index (κ3) is 4.18. The van der Waals surface area contributed by atoms with Crippen LogP contribution in [-0.2, 0) is 4.79 Å². The van der Waals surface area contributed by atoms with Crippen molar-refractivity contribution in [1.29, 1.82) is 0 Å². The van der Waals surface area contributed by atoms with E-state index in [9.17, 15) is 14.7 Å². The van der Waals surface area contributed by atoms with Crippen molar-refractivity contribution >= 4 is 29.5 Å². The van der Waals surface area contributed by atoms with Gasteiger partial charge in [0, 0.05) is 0 Å². The van der Waals surface area contributed by atoms with Crippen LogP contribution in [0.4, 0.5) is 11.5 Å². The first kappa shape index (κ1) is 20.0. The van der Waals surface area contributed by atoms with Crippen LogP contribution < -0.4 is 15.4 Å². The molecule has 8 heteroatoms. The molecule has 0 aliphatic carbocycles. The minimum Gasteiger partial charge on any atom is -0.495 e. The Morgan fingerprint density at radius 2 is 1.90 bits per heavy atom. The Bertz CT molecular complexity index is 1180. The number of benzene rings is 2. The van der Waals surface area contributed by atoms with E-state index >= 15 is 0 Å². The number of methoxy groups -OCH3 is 1. The fourth-order valence-electron chi connectivity index (χ4n) is 3.26. The van der Waals surface area contributed by atoms with Gasteiger partial charge >= 0.3 is 5.97 Å². The number of nitrogens with zero attached hydrogens (tertiary/aromatic N) is 2. The van der Waals surface area contributed by atoms with Gasteiger partial charge in [-0.3, -0.25) is 4.79 Å². The number of para-hydroxylation sites is 2. The van der Waals surface area contributed by atoms with Crippen molar-refractivity contribution in [2.45, 2.75) is 6.04 Å². The second-order valence-electron chi connectivity index (χ2n) is 6.78. The first-order chi connectivity index (χ1) is 15.1. The lowest BCUT2D eigenvalue weighted by Gasteiger charge is -2.22. The molecule has 8 nitrogen and oxygen atoms in total. The number of fused-ring (bicyclic) bond motifs is 1. The van der Waals surface area contributed by atoms with E-state index in [1.807, 2.05) is 42.5 Å². The first-order valence-electron chi connectivity index (χ1n) is 9.54. The van der Waals surface area contributed by atoms with Gasteiger partial charge in [0.25, 0.3) is 5.91 Å². The predicted molar refractivity (Wildman–Crippen MR) is 117 cm³/mol. The van der Waals surface area contributed by atoms with Crippen LogP contribution in [0.2, 0.25) is 0 Å². The van der Waals surface area contributed by atoms with Crippen LogP contribution in [0.5, 0.6) is 5.75 Å². The van der Waals surface area contributed by atoms with Gasteiger partial charge in [0.15, 0.2) is 0 Å². The number of hydrogen-bond donors (Lipinski definition) is 3. The minimum absolute atomic E-state index is 0.0259. The summed E-state index contributed by atoms with van der Waals surface area (Å²) < 4.78 is 6.84. The number of carbonyl (C=O) groups excluding carboxylic acids is 1. The smallest absolute Gasteiger partial charge is 0.352 e. The number of carboxylic acid groups (broad SMARTS) is 1. The second-order valence-corrected chi connectivity index (χ2v) is 6.78. The average Bonchev–Trinajstić information content (AvgIpc) is 3.23. The molecule has 1 aliphatic heterocycles. The normalized spacial score (nSPS) is 15.0. The topological polar surface area (TPSA) is 105 Å². The Labute approximate surface area is 178 Å². The highest BCUT2D eigenvalue weighted by Crippen LogP contribution is 2.31. The molecule has 1 amide bonds. The summed E-state index contributed by atoms with van der Waals surface area (Å²) in [6.45, 7) is 0. The molecular weight excluding hydrogens is 396 g/mol. The number of ether oxygens (including phenoxy) is 1. The van der Waals surface area contributed by atoms with E-state index in [0.717, 1.165) is 5.56 Å². The number of hydrogen-bond acceptors (Lipinski definition) is 5. The monoisotopic (exact) mass is 416 g/mol. The number of aliphatic carboxylic acids is 1. The van der Waals surface area contributed by atoms with E-state index < -0.39 is 17.9 Å². The molecule has 2 heterocycles. The van der Waals surface area contributed by atoms with Crippen molar-refractivity contribution in [3.8, 4) is 5.75 Å². The molecule has 0 bridgehead atoms. The van der Waals surface area contributed by atoms with Gasteiger partial charge in [-0.25, -0.2) is 9.48 Å². The van der Waals surface area contributed by atoms with E-state index in [1.165, 1.54) is 13.3 Å².